The number of nitro benzene ring substituents is 1. The van der Waals surface area contributed by atoms with Crippen molar-refractivity contribution >= 4 is 22.4 Å². The topological polar surface area (TPSA) is 85.3 Å². The maximum atomic E-state index is 10.8. The number of pyridine rings is 1. The van der Waals surface area contributed by atoms with E-state index in [0.717, 1.165) is 36.2 Å². The van der Waals surface area contributed by atoms with Crippen LogP contribution in [-0.4, -0.2) is 29.0 Å². The SMILES string of the molecule is CC1(C)CN(c2ccc3cc([N+](=O)[O-])ccc3n2)CCC1N. The lowest BCUT2D eigenvalue weighted by atomic mass is 9.80. The molecule has 1 unspecified atom stereocenters. The molecule has 2 aromatic rings. The number of nitrogens with two attached hydrogens (primary N) is 1. The third-order valence-electron chi connectivity index (χ3n) is 4.51. The molecule has 116 valence electrons. The minimum atomic E-state index is -0.387. The van der Waals surface area contributed by atoms with E-state index >= 15 is 0 Å². The van der Waals surface area contributed by atoms with E-state index in [-0.39, 0.29) is 22.1 Å². The van der Waals surface area contributed by atoms with Crippen LogP contribution in [0.25, 0.3) is 10.9 Å². The molecule has 6 heteroatoms. The molecule has 1 aromatic heterocycles. The Kier molecular flexibility index (Phi) is 3.48. The smallest absolute Gasteiger partial charge is 0.270 e. The summed E-state index contributed by atoms with van der Waals surface area (Å²) in [4.78, 5) is 17.3. The summed E-state index contributed by atoms with van der Waals surface area (Å²) in [7, 11) is 0. The molecule has 0 spiro atoms. The summed E-state index contributed by atoms with van der Waals surface area (Å²) < 4.78 is 0. The first-order valence-electron chi connectivity index (χ1n) is 7.42. The van der Waals surface area contributed by atoms with E-state index < -0.39 is 0 Å². The number of piperidine rings is 1. The van der Waals surface area contributed by atoms with Crippen LogP contribution in [0.4, 0.5) is 11.5 Å². The number of hydrogen-bond acceptors (Lipinski definition) is 5. The number of non-ortho nitro benzene ring substituents is 1. The van der Waals surface area contributed by atoms with Crippen molar-refractivity contribution in [1.29, 1.82) is 0 Å². The van der Waals surface area contributed by atoms with Gasteiger partial charge >= 0.3 is 0 Å². The molecule has 0 saturated carbocycles. The number of nitro groups is 1. The molecule has 3 rings (SSSR count). The van der Waals surface area contributed by atoms with Gasteiger partial charge in [-0.2, -0.15) is 0 Å². The second kappa shape index (κ2) is 5.21. The zero-order valence-corrected chi connectivity index (χ0v) is 12.8. The highest BCUT2D eigenvalue weighted by Gasteiger charge is 2.33. The first-order chi connectivity index (χ1) is 10.4. The largest absolute Gasteiger partial charge is 0.356 e. The third kappa shape index (κ3) is 2.62. The highest BCUT2D eigenvalue weighted by Crippen LogP contribution is 2.31. The Morgan fingerprint density at radius 1 is 1.36 bits per heavy atom. The van der Waals surface area contributed by atoms with Crippen LogP contribution < -0.4 is 10.6 Å². The van der Waals surface area contributed by atoms with Crippen molar-refractivity contribution in [3.05, 3.63) is 40.4 Å². The molecule has 1 aliphatic rings. The summed E-state index contributed by atoms with van der Waals surface area (Å²) >= 11 is 0. The van der Waals surface area contributed by atoms with E-state index in [0.29, 0.717) is 0 Å². The van der Waals surface area contributed by atoms with Gasteiger partial charge in [-0.1, -0.05) is 13.8 Å². The van der Waals surface area contributed by atoms with Crippen molar-refractivity contribution in [2.45, 2.75) is 26.3 Å². The normalized spacial score (nSPS) is 21.0. The lowest BCUT2D eigenvalue weighted by Gasteiger charge is -2.43. The van der Waals surface area contributed by atoms with Crippen LogP contribution in [0.2, 0.25) is 0 Å². The summed E-state index contributed by atoms with van der Waals surface area (Å²) in [5, 5.41) is 11.6. The second-order valence-electron chi connectivity index (χ2n) is 6.61. The predicted octanol–water partition coefficient (Wildman–Crippen LogP) is 2.71. The van der Waals surface area contributed by atoms with Crippen molar-refractivity contribution in [3.8, 4) is 0 Å². The molecular weight excluding hydrogens is 280 g/mol. The molecule has 0 aliphatic carbocycles. The molecule has 0 radical (unpaired) electrons. The number of benzene rings is 1. The molecule has 6 nitrogen and oxygen atoms in total. The van der Waals surface area contributed by atoms with E-state index in [1.165, 1.54) is 6.07 Å². The Morgan fingerprint density at radius 2 is 2.14 bits per heavy atom. The quantitative estimate of drug-likeness (QED) is 0.681. The predicted molar refractivity (Wildman–Crippen MR) is 87.0 cm³/mol. The van der Waals surface area contributed by atoms with E-state index in [9.17, 15) is 10.1 Å². The van der Waals surface area contributed by atoms with Crippen LogP contribution in [0, 0.1) is 15.5 Å². The Hall–Kier alpha value is -2.21. The summed E-state index contributed by atoms with van der Waals surface area (Å²) in [5.41, 5.74) is 7.09. The van der Waals surface area contributed by atoms with Crippen molar-refractivity contribution in [3.63, 3.8) is 0 Å². The zero-order valence-electron chi connectivity index (χ0n) is 12.8. The number of nitrogens with zero attached hydrogens (tertiary/aromatic N) is 3. The average Bonchev–Trinajstić information content (AvgIpc) is 2.48. The van der Waals surface area contributed by atoms with Gasteiger partial charge in [-0.15, -0.1) is 0 Å². The van der Waals surface area contributed by atoms with Gasteiger partial charge in [0.1, 0.15) is 5.82 Å². The van der Waals surface area contributed by atoms with Gasteiger partial charge in [0.15, 0.2) is 0 Å². The van der Waals surface area contributed by atoms with Crippen LogP contribution >= 0.6 is 0 Å². The standard InChI is InChI=1S/C16H20N4O2/c1-16(2)10-19(8-7-14(16)17)15-6-3-11-9-12(20(21)22)4-5-13(11)18-15/h3-6,9,14H,7-8,10,17H2,1-2H3. The maximum Gasteiger partial charge on any atom is 0.270 e. The molecular formula is C16H20N4O2. The molecule has 2 heterocycles. The van der Waals surface area contributed by atoms with E-state index in [2.05, 4.69) is 23.7 Å². The lowest BCUT2D eigenvalue weighted by molar-refractivity contribution is -0.384. The number of fused-ring (bicyclic) bond motifs is 1. The second-order valence-corrected chi connectivity index (χ2v) is 6.61. The third-order valence-corrected chi connectivity index (χ3v) is 4.51. The maximum absolute atomic E-state index is 10.8. The van der Waals surface area contributed by atoms with Crippen LogP contribution in [0.15, 0.2) is 30.3 Å². The van der Waals surface area contributed by atoms with Gasteiger partial charge in [0.05, 0.1) is 10.4 Å². The van der Waals surface area contributed by atoms with Gasteiger partial charge in [0.2, 0.25) is 0 Å². The van der Waals surface area contributed by atoms with Crippen LogP contribution in [0.3, 0.4) is 0 Å². The number of rotatable bonds is 2. The Labute approximate surface area is 129 Å². The fraction of sp³-hybridized carbons (Fsp3) is 0.438. The highest BCUT2D eigenvalue weighted by molar-refractivity contribution is 5.82. The Morgan fingerprint density at radius 3 is 2.82 bits per heavy atom. The first-order valence-corrected chi connectivity index (χ1v) is 7.42. The van der Waals surface area contributed by atoms with Crippen molar-refractivity contribution in [2.75, 3.05) is 18.0 Å². The van der Waals surface area contributed by atoms with Gasteiger partial charge in [0.25, 0.3) is 5.69 Å². The molecule has 1 atom stereocenters. The molecule has 0 amide bonds. The number of aromatic nitrogens is 1. The summed E-state index contributed by atoms with van der Waals surface area (Å²) in [6, 6.07) is 8.78. The van der Waals surface area contributed by atoms with Gasteiger partial charge < -0.3 is 10.6 Å². The van der Waals surface area contributed by atoms with Crippen molar-refractivity contribution in [2.24, 2.45) is 11.1 Å². The first kappa shape index (κ1) is 14.7. The van der Waals surface area contributed by atoms with E-state index in [4.69, 9.17) is 5.73 Å². The van der Waals surface area contributed by atoms with Gasteiger partial charge in [-0.3, -0.25) is 10.1 Å². The zero-order chi connectivity index (χ0) is 15.9. The summed E-state index contributed by atoms with van der Waals surface area (Å²) in [6.07, 6.45) is 0.937. The van der Waals surface area contributed by atoms with Crippen molar-refractivity contribution < 1.29 is 4.92 Å². The van der Waals surface area contributed by atoms with Crippen LogP contribution in [0.5, 0.6) is 0 Å². The number of hydrogen-bond donors (Lipinski definition) is 1. The van der Waals surface area contributed by atoms with Crippen LogP contribution in [-0.2, 0) is 0 Å². The molecule has 2 N–H and O–H groups in total. The molecule has 1 fully saturated rings. The molecule has 22 heavy (non-hydrogen) atoms. The lowest BCUT2D eigenvalue weighted by Crippen LogP contribution is -2.52. The molecule has 1 saturated heterocycles. The summed E-state index contributed by atoms with van der Waals surface area (Å²) in [6.45, 7) is 6.10. The highest BCUT2D eigenvalue weighted by atomic mass is 16.6. The average molecular weight is 300 g/mol. The Balaban J connectivity index is 1.92. The monoisotopic (exact) mass is 300 g/mol. The summed E-state index contributed by atoms with van der Waals surface area (Å²) in [5.74, 6) is 0.904. The molecule has 1 aliphatic heterocycles. The van der Waals surface area contributed by atoms with Gasteiger partial charge in [0, 0.05) is 36.7 Å². The van der Waals surface area contributed by atoms with E-state index in [1.54, 1.807) is 12.1 Å². The Bertz CT molecular complexity index is 729. The molecule has 0 bridgehead atoms. The number of anilines is 1. The minimum Gasteiger partial charge on any atom is -0.356 e. The van der Waals surface area contributed by atoms with Crippen molar-refractivity contribution in [1.82, 2.24) is 4.98 Å². The van der Waals surface area contributed by atoms with Crippen LogP contribution in [0.1, 0.15) is 20.3 Å². The van der Waals surface area contributed by atoms with Gasteiger partial charge in [-0.25, -0.2) is 4.98 Å². The van der Waals surface area contributed by atoms with E-state index in [1.807, 2.05) is 12.1 Å². The fourth-order valence-corrected chi connectivity index (χ4v) is 2.96. The fourth-order valence-electron chi connectivity index (χ4n) is 2.96. The minimum absolute atomic E-state index is 0.0460. The van der Waals surface area contributed by atoms with Gasteiger partial charge in [-0.05, 0) is 30.0 Å². The molecule has 1 aromatic carbocycles.